The summed E-state index contributed by atoms with van der Waals surface area (Å²) in [6.07, 6.45) is 0. The highest BCUT2D eigenvalue weighted by Crippen LogP contribution is 2.20. The molecule has 2 nitrogen and oxygen atoms in total. The van der Waals surface area contributed by atoms with Gasteiger partial charge in [-0.2, -0.15) is 0 Å². The first-order valence-corrected chi connectivity index (χ1v) is 7.36. The van der Waals surface area contributed by atoms with Crippen LogP contribution in [0.3, 0.4) is 0 Å². The Labute approximate surface area is 134 Å². The van der Waals surface area contributed by atoms with E-state index < -0.39 is 0 Å². The van der Waals surface area contributed by atoms with Gasteiger partial charge in [-0.1, -0.05) is 29.8 Å². The van der Waals surface area contributed by atoms with E-state index in [2.05, 4.69) is 4.90 Å². The van der Waals surface area contributed by atoms with Crippen LogP contribution in [0.4, 0.5) is 8.78 Å². The van der Waals surface area contributed by atoms with Gasteiger partial charge in [0, 0.05) is 31.8 Å². The van der Waals surface area contributed by atoms with Crippen molar-refractivity contribution in [1.82, 2.24) is 4.90 Å². The topological polar surface area (TPSA) is 12.5 Å². The van der Waals surface area contributed by atoms with Crippen LogP contribution in [0.1, 0.15) is 11.1 Å². The average Bonchev–Trinajstić information content (AvgIpc) is 2.47. The fourth-order valence-electron chi connectivity index (χ4n) is 2.22. The lowest BCUT2D eigenvalue weighted by Gasteiger charge is -2.22. The largest absolute Gasteiger partial charge is 0.383 e. The Bertz CT molecular complexity index is 621. The molecule has 0 saturated carbocycles. The Morgan fingerprint density at radius 3 is 2.50 bits per heavy atom. The van der Waals surface area contributed by atoms with Gasteiger partial charge in [0.05, 0.1) is 6.61 Å². The molecule has 0 radical (unpaired) electrons. The SMILES string of the molecule is COCCN(Cc1cccc(F)c1)Cc1ccc(F)cc1Cl. The third kappa shape index (κ3) is 5.05. The lowest BCUT2D eigenvalue weighted by Crippen LogP contribution is -2.26. The van der Waals surface area contributed by atoms with Gasteiger partial charge in [-0.05, 0) is 35.4 Å². The van der Waals surface area contributed by atoms with E-state index in [1.807, 2.05) is 6.07 Å². The second-order valence-corrected chi connectivity index (χ2v) is 5.48. The molecule has 0 saturated heterocycles. The Kier molecular flexibility index (Phi) is 6.31. The maximum atomic E-state index is 13.3. The van der Waals surface area contributed by atoms with Gasteiger partial charge in [-0.15, -0.1) is 0 Å². The Balaban J connectivity index is 2.11. The highest BCUT2D eigenvalue weighted by molar-refractivity contribution is 6.31. The molecular formula is C17H18ClF2NO. The van der Waals surface area contributed by atoms with Crippen LogP contribution in [-0.4, -0.2) is 25.2 Å². The van der Waals surface area contributed by atoms with Gasteiger partial charge in [0.1, 0.15) is 11.6 Å². The van der Waals surface area contributed by atoms with Crippen LogP contribution in [-0.2, 0) is 17.8 Å². The molecule has 0 aliphatic rings. The van der Waals surface area contributed by atoms with Crippen LogP contribution < -0.4 is 0 Å². The van der Waals surface area contributed by atoms with Crippen molar-refractivity contribution in [3.63, 3.8) is 0 Å². The van der Waals surface area contributed by atoms with Crippen LogP contribution >= 0.6 is 11.6 Å². The standard InChI is InChI=1S/C17H18ClF2NO/c1-22-8-7-21(11-13-3-2-4-15(19)9-13)12-14-5-6-16(20)10-17(14)18/h2-6,9-10H,7-8,11-12H2,1H3. The van der Waals surface area contributed by atoms with Crippen molar-refractivity contribution < 1.29 is 13.5 Å². The fraction of sp³-hybridized carbons (Fsp3) is 0.294. The van der Waals surface area contributed by atoms with Crippen LogP contribution in [0.15, 0.2) is 42.5 Å². The molecule has 0 bridgehead atoms. The zero-order chi connectivity index (χ0) is 15.9. The van der Waals surface area contributed by atoms with E-state index in [0.29, 0.717) is 31.3 Å². The van der Waals surface area contributed by atoms with Crippen molar-refractivity contribution in [2.75, 3.05) is 20.3 Å². The summed E-state index contributed by atoms with van der Waals surface area (Å²) in [6, 6.07) is 10.8. The van der Waals surface area contributed by atoms with Gasteiger partial charge in [-0.3, -0.25) is 4.90 Å². The van der Waals surface area contributed by atoms with Crippen molar-refractivity contribution in [3.8, 4) is 0 Å². The van der Waals surface area contributed by atoms with E-state index in [-0.39, 0.29) is 11.6 Å². The van der Waals surface area contributed by atoms with Crippen LogP contribution in [0.25, 0.3) is 0 Å². The number of nitrogens with zero attached hydrogens (tertiary/aromatic N) is 1. The molecule has 0 N–H and O–H groups in total. The molecule has 0 heterocycles. The second kappa shape index (κ2) is 8.22. The molecule has 0 fully saturated rings. The minimum Gasteiger partial charge on any atom is -0.383 e. The number of halogens is 3. The molecule has 0 spiro atoms. The summed E-state index contributed by atoms with van der Waals surface area (Å²) in [4.78, 5) is 2.08. The highest BCUT2D eigenvalue weighted by Gasteiger charge is 2.10. The summed E-state index contributed by atoms with van der Waals surface area (Å²) >= 11 is 6.08. The summed E-state index contributed by atoms with van der Waals surface area (Å²) in [6.45, 7) is 2.32. The third-order valence-corrected chi connectivity index (χ3v) is 3.67. The van der Waals surface area contributed by atoms with E-state index in [1.165, 1.54) is 24.3 Å². The molecule has 0 unspecified atom stereocenters. The van der Waals surface area contributed by atoms with Crippen LogP contribution in [0, 0.1) is 11.6 Å². The zero-order valence-corrected chi connectivity index (χ0v) is 13.1. The van der Waals surface area contributed by atoms with Crippen molar-refractivity contribution in [1.29, 1.82) is 0 Å². The number of methoxy groups -OCH3 is 1. The van der Waals surface area contributed by atoms with Crippen LogP contribution in [0.2, 0.25) is 5.02 Å². The molecule has 0 aromatic heterocycles. The highest BCUT2D eigenvalue weighted by atomic mass is 35.5. The molecule has 118 valence electrons. The van der Waals surface area contributed by atoms with E-state index in [0.717, 1.165) is 11.1 Å². The zero-order valence-electron chi connectivity index (χ0n) is 12.4. The van der Waals surface area contributed by atoms with Gasteiger partial charge in [0.2, 0.25) is 0 Å². The molecule has 2 aromatic rings. The third-order valence-electron chi connectivity index (χ3n) is 3.32. The summed E-state index contributed by atoms with van der Waals surface area (Å²) in [5.41, 5.74) is 1.70. The molecule has 0 aliphatic heterocycles. The quantitative estimate of drug-likeness (QED) is 0.754. The van der Waals surface area contributed by atoms with E-state index >= 15 is 0 Å². The van der Waals surface area contributed by atoms with Gasteiger partial charge in [0.25, 0.3) is 0 Å². The average molecular weight is 326 g/mol. The summed E-state index contributed by atoms with van der Waals surface area (Å²) in [5.74, 6) is -0.619. The van der Waals surface area contributed by atoms with E-state index in [1.54, 1.807) is 19.2 Å². The van der Waals surface area contributed by atoms with Gasteiger partial charge < -0.3 is 4.74 Å². The lowest BCUT2D eigenvalue weighted by molar-refractivity contribution is 0.140. The number of hydrogen-bond donors (Lipinski definition) is 0. The van der Waals surface area contributed by atoms with Crippen molar-refractivity contribution in [2.24, 2.45) is 0 Å². The normalized spacial score (nSPS) is 11.1. The Hall–Kier alpha value is -1.49. The first-order valence-electron chi connectivity index (χ1n) is 6.98. The van der Waals surface area contributed by atoms with Crippen molar-refractivity contribution >= 4 is 11.6 Å². The lowest BCUT2D eigenvalue weighted by atomic mass is 10.1. The summed E-state index contributed by atoms with van der Waals surface area (Å²) < 4.78 is 31.5. The first kappa shape index (κ1) is 16.9. The predicted molar refractivity (Wildman–Crippen MR) is 83.8 cm³/mol. The van der Waals surface area contributed by atoms with E-state index in [9.17, 15) is 8.78 Å². The molecular weight excluding hydrogens is 308 g/mol. The maximum absolute atomic E-state index is 13.3. The van der Waals surface area contributed by atoms with Gasteiger partial charge in [-0.25, -0.2) is 8.78 Å². The molecule has 0 amide bonds. The number of rotatable bonds is 7. The van der Waals surface area contributed by atoms with Crippen LogP contribution in [0.5, 0.6) is 0 Å². The van der Waals surface area contributed by atoms with Crippen molar-refractivity contribution in [3.05, 3.63) is 70.2 Å². The van der Waals surface area contributed by atoms with E-state index in [4.69, 9.17) is 16.3 Å². The Morgan fingerprint density at radius 1 is 1.05 bits per heavy atom. The molecule has 22 heavy (non-hydrogen) atoms. The molecule has 0 atom stereocenters. The van der Waals surface area contributed by atoms with Crippen molar-refractivity contribution in [2.45, 2.75) is 13.1 Å². The molecule has 2 rings (SSSR count). The molecule has 5 heteroatoms. The smallest absolute Gasteiger partial charge is 0.124 e. The maximum Gasteiger partial charge on any atom is 0.124 e. The summed E-state index contributed by atoms with van der Waals surface area (Å²) in [5, 5.41) is 0.390. The number of hydrogen-bond acceptors (Lipinski definition) is 2. The van der Waals surface area contributed by atoms with Gasteiger partial charge >= 0.3 is 0 Å². The minimum atomic E-state index is -0.359. The second-order valence-electron chi connectivity index (χ2n) is 5.07. The monoisotopic (exact) mass is 325 g/mol. The fourth-order valence-corrected chi connectivity index (χ4v) is 2.45. The Morgan fingerprint density at radius 2 is 1.82 bits per heavy atom. The number of benzene rings is 2. The first-order chi connectivity index (χ1) is 10.6. The van der Waals surface area contributed by atoms with Gasteiger partial charge in [0.15, 0.2) is 0 Å². The number of ether oxygens (including phenoxy) is 1. The molecule has 0 aliphatic carbocycles. The summed E-state index contributed by atoms with van der Waals surface area (Å²) in [7, 11) is 1.63. The molecule has 2 aromatic carbocycles. The minimum absolute atomic E-state index is 0.260. The predicted octanol–water partition coefficient (Wildman–Crippen LogP) is 4.27.